The van der Waals surface area contributed by atoms with Crippen molar-refractivity contribution in [1.82, 2.24) is 15.0 Å². The van der Waals surface area contributed by atoms with Gasteiger partial charge in [0, 0.05) is 16.4 Å². The second-order valence-electron chi connectivity index (χ2n) is 4.56. The molecule has 0 fully saturated rings. The van der Waals surface area contributed by atoms with Crippen LogP contribution in [0.4, 0.5) is 0 Å². The minimum atomic E-state index is -3.59. The van der Waals surface area contributed by atoms with Crippen LogP contribution in [0.3, 0.4) is 0 Å². The number of nitrogens with zero attached hydrogens (tertiary/aromatic N) is 1. The Bertz CT molecular complexity index is 715. The first kappa shape index (κ1) is 16.6. The molecule has 1 heterocycles. The van der Waals surface area contributed by atoms with Gasteiger partial charge >= 0.3 is 0 Å². The van der Waals surface area contributed by atoms with Gasteiger partial charge in [-0.25, -0.2) is 18.1 Å². The Morgan fingerprint density at radius 3 is 2.71 bits per heavy atom. The predicted octanol–water partition coefficient (Wildman–Crippen LogP) is 2.41. The smallest absolute Gasteiger partial charge is 0.242 e. The van der Waals surface area contributed by atoms with Gasteiger partial charge in [-0.3, -0.25) is 0 Å². The summed E-state index contributed by atoms with van der Waals surface area (Å²) in [5.74, 6) is 0. The molecule has 5 nitrogen and oxygen atoms in total. The highest BCUT2D eigenvalue weighted by Crippen LogP contribution is 2.27. The molecule has 0 radical (unpaired) electrons. The maximum Gasteiger partial charge on any atom is 0.242 e. The van der Waals surface area contributed by atoms with Gasteiger partial charge in [0.1, 0.15) is 0 Å². The van der Waals surface area contributed by atoms with Crippen LogP contribution in [0.1, 0.15) is 16.8 Å². The Kier molecular flexibility index (Phi) is 5.50. The van der Waals surface area contributed by atoms with Crippen molar-refractivity contribution in [3.8, 4) is 0 Å². The lowest BCUT2D eigenvalue weighted by Crippen LogP contribution is -2.24. The minimum Gasteiger partial charge on any atom is -0.316 e. The average Bonchev–Trinajstić information content (AvgIpc) is 2.94. The normalized spacial score (nSPS) is 11.8. The molecule has 0 saturated heterocycles. The highest BCUT2D eigenvalue weighted by atomic mass is 79.9. The molecule has 8 heteroatoms. The van der Waals surface area contributed by atoms with Gasteiger partial charge in [0.25, 0.3) is 0 Å². The van der Waals surface area contributed by atoms with Crippen molar-refractivity contribution >= 4 is 37.3 Å². The molecule has 0 amide bonds. The third kappa shape index (κ3) is 4.10. The third-order valence-corrected chi connectivity index (χ3v) is 6.25. The van der Waals surface area contributed by atoms with Crippen LogP contribution in [0, 0.1) is 6.92 Å². The van der Waals surface area contributed by atoms with Gasteiger partial charge in [-0.15, -0.1) is 11.3 Å². The number of sulfonamides is 1. The first-order chi connectivity index (χ1) is 9.94. The Morgan fingerprint density at radius 1 is 1.33 bits per heavy atom. The summed E-state index contributed by atoms with van der Waals surface area (Å²) < 4.78 is 28.1. The molecule has 114 valence electrons. The topological polar surface area (TPSA) is 71.1 Å². The molecule has 0 aliphatic carbocycles. The zero-order valence-electron chi connectivity index (χ0n) is 11.7. The van der Waals surface area contributed by atoms with E-state index in [4.69, 9.17) is 0 Å². The highest BCUT2D eigenvalue weighted by molar-refractivity contribution is 9.10. The second kappa shape index (κ2) is 6.97. The molecular formula is C13H16BrN3O2S2. The number of hydrogen-bond donors (Lipinski definition) is 2. The van der Waals surface area contributed by atoms with Gasteiger partial charge in [0.15, 0.2) is 0 Å². The highest BCUT2D eigenvalue weighted by Gasteiger charge is 2.20. The molecule has 1 aromatic heterocycles. The van der Waals surface area contributed by atoms with Gasteiger partial charge in [-0.1, -0.05) is 6.07 Å². The van der Waals surface area contributed by atoms with E-state index < -0.39 is 10.0 Å². The van der Waals surface area contributed by atoms with E-state index in [-0.39, 0.29) is 11.4 Å². The van der Waals surface area contributed by atoms with Gasteiger partial charge < -0.3 is 5.32 Å². The fourth-order valence-corrected chi connectivity index (χ4v) is 4.51. The zero-order valence-corrected chi connectivity index (χ0v) is 14.9. The first-order valence-electron chi connectivity index (χ1n) is 6.24. The van der Waals surface area contributed by atoms with Crippen molar-refractivity contribution in [3.63, 3.8) is 0 Å². The van der Waals surface area contributed by atoms with E-state index in [1.54, 1.807) is 11.6 Å². The predicted molar refractivity (Wildman–Crippen MR) is 87.8 cm³/mol. The quantitative estimate of drug-likeness (QED) is 0.795. The van der Waals surface area contributed by atoms with Gasteiger partial charge in [0.2, 0.25) is 10.0 Å². The molecule has 0 spiro atoms. The fourth-order valence-electron chi connectivity index (χ4n) is 1.88. The summed E-state index contributed by atoms with van der Waals surface area (Å²) in [6.45, 7) is 2.68. The van der Waals surface area contributed by atoms with Crippen LogP contribution >= 0.6 is 27.3 Å². The first-order valence-corrected chi connectivity index (χ1v) is 9.46. The molecular weight excluding hydrogens is 374 g/mol. The molecule has 2 aromatic rings. The summed E-state index contributed by atoms with van der Waals surface area (Å²) >= 11 is 4.80. The number of benzene rings is 1. The minimum absolute atomic E-state index is 0.188. The largest absolute Gasteiger partial charge is 0.316 e. The lowest BCUT2D eigenvalue weighted by Gasteiger charge is -2.12. The fraction of sp³-hybridized carbons (Fsp3) is 0.308. The zero-order chi connectivity index (χ0) is 15.5. The van der Waals surface area contributed by atoms with Crippen molar-refractivity contribution in [2.24, 2.45) is 0 Å². The summed E-state index contributed by atoms with van der Waals surface area (Å²) in [6, 6.07) is 3.64. The van der Waals surface area contributed by atoms with Crippen molar-refractivity contribution < 1.29 is 8.42 Å². The molecule has 2 rings (SSSR count). The van der Waals surface area contributed by atoms with Crippen LogP contribution in [-0.2, 0) is 23.1 Å². The maximum atomic E-state index is 12.5. The van der Waals surface area contributed by atoms with E-state index in [2.05, 4.69) is 31.0 Å². The maximum absolute atomic E-state index is 12.5. The standard InChI is InChI=1S/C13H16BrN3O2S2/c1-9-3-10(5-15-2)4-12(13(9)14)21(18,19)17-6-11-7-20-8-16-11/h3-4,7-8,15,17H,5-6H2,1-2H3. The number of aromatic nitrogens is 1. The van der Waals surface area contributed by atoms with Crippen LogP contribution in [0.5, 0.6) is 0 Å². The SMILES string of the molecule is CNCc1cc(C)c(Br)c(S(=O)(=O)NCc2cscn2)c1. The molecule has 0 saturated carbocycles. The number of thiazole rings is 1. The second-order valence-corrected chi connectivity index (χ2v) is 7.81. The van der Waals surface area contributed by atoms with E-state index in [9.17, 15) is 8.42 Å². The van der Waals surface area contributed by atoms with E-state index >= 15 is 0 Å². The van der Waals surface area contributed by atoms with Crippen molar-refractivity contribution in [1.29, 1.82) is 0 Å². The van der Waals surface area contributed by atoms with E-state index in [1.165, 1.54) is 11.3 Å². The van der Waals surface area contributed by atoms with Crippen LogP contribution < -0.4 is 10.0 Å². The van der Waals surface area contributed by atoms with Crippen LogP contribution in [0.25, 0.3) is 0 Å². The van der Waals surface area contributed by atoms with E-state index in [0.717, 1.165) is 11.1 Å². The number of aryl methyl sites for hydroxylation is 1. The summed E-state index contributed by atoms with van der Waals surface area (Å²) in [4.78, 5) is 4.32. The molecule has 21 heavy (non-hydrogen) atoms. The number of hydrogen-bond acceptors (Lipinski definition) is 5. The Labute approximate surface area is 137 Å². The third-order valence-electron chi connectivity index (χ3n) is 2.88. The number of halogens is 1. The van der Waals surface area contributed by atoms with Gasteiger partial charge in [-0.05, 0) is 47.1 Å². The van der Waals surface area contributed by atoms with Gasteiger partial charge in [0.05, 0.1) is 22.6 Å². The van der Waals surface area contributed by atoms with Crippen molar-refractivity contribution in [3.05, 3.63) is 44.3 Å². The molecule has 0 atom stereocenters. The van der Waals surface area contributed by atoms with Crippen LogP contribution in [0.2, 0.25) is 0 Å². The molecule has 0 aliphatic rings. The van der Waals surface area contributed by atoms with Crippen molar-refractivity contribution in [2.45, 2.75) is 24.9 Å². The average molecular weight is 390 g/mol. The van der Waals surface area contributed by atoms with Crippen LogP contribution in [0.15, 0.2) is 32.4 Å². The lowest BCUT2D eigenvalue weighted by molar-refractivity contribution is 0.579. The van der Waals surface area contributed by atoms with E-state index in [1.807, 2.05) is 25.4 Å². The van der Waals surface area contributed by atoms with Gasteiger partial charge in [-0.2, -0.15) is 0 Å². The summed E-state index contributed by atoms with van der Waals surface area (Å²) in [5.41, 5.74) is 4.20. The monoisotopic (exact) mass is 389 g/mol. The molecule has 0 bridgehead atoms. The Morgan fingerprint density at radius 2 is 2.10 bits per heavy atom. The molecule has 2 N–H and O–H groups in total. The molecule has 0 aliphatic heterocycles. The Balaban J connectivity index is 2.30. The van der Waals surface area contributed by atoms with Crippen molar-refractivity contribution in [2.75, 3.05) is 7.05 Å². The summed E-state index contributed by atoms with van der Waals surface area (Å²) in [5, 5.41) is 4.84. The Hall–Kier alpha value is -0.800. The lowest BCUT2D eigenvalue weighted by atomic mass is 10.1. The summed E-state index contributed by atoms with van der Waals surface area (Å²) in [7, 11) is -1.76. The van der Waals surface area contributed by atoms with Crippen LogP contribution in [-0.4, -0.2) is 20.4 Å². The number of nitrogens with one attached hydrogen (secondary N) is 2. The molecule has 0 unspecified atom stereocenters. The number of rotatable bonds is 6. The van der Waals surface area contributed by atoms with E-state index in [0.29, 0.717) is 16.7 Å². The summed E-state index contributed by atoms with van der Waals surface area (Å²) in [6.07, 6.45) is 0. The molecule has 1 aromatic carbocycles.